The number of nitrogens with zero attached hydrogens (tertiary/aromatic N) is 4. The molecule has 4 aromatic rings. The van der Waals surface area contributed by atoms with E-state index in [9.17, 15) is 15.4 Å². The second-order valence-electron chi connectivity index (χ2n) is 8.00. The first-order chi connectivity index (χ1) is 17.0. The highest BCUT2D eigenvalue weighted by Gasteiger charge is 2.24. The lowest BCUT2D eigenvalue weighted by Crippen LogP contribution is -2.01. The van der Waals surface area contributed by atoms with Gasteiger partial charge in [0.1, 0.15) is 16.7 Å². The highest BCUT2D eigenvalue weighted by molar-refractivity contribution is 6.32. The smallest absolute Gasteiger partial charge is 0.288 e. The monoisotopic (exact) mass is 482 g/mol. The molecule has 3 aromatic carbocycles. The van der Waals surface area contributed by atoms with E-state index < -0.39 is 4.92 Å². The lowest BCUT2D eigenvalue weighted by atomic mass is 9.98. The van der Waals surface area contributed by atoms with Crippen molar-refractivity contribution in [3.05, 3.63) is 105 Å². The van der Waals surface area contributed by atoms with Gasteiger partial charge in [-0.15, -0.1) is 0 Å². The van der Waals surface area contributed by atoms with Gasteiger partial charge in [0.25, 0.3) is 5.69 Å². The average molecular weight is 483 g/mol. The molecule has 0 N–H and O–H groups in total. The molecule has 0 aliphatic carbocycles. The van der Waals surface area contributed by atoms with Crippen LogP contribution in [0.5, 0.6) is 0 Å². The van der Waals surface area contributed by atoms with Crippen molar-refractivity contribution >= 4 is 29.3 Å². The lowest BCUT2D eigenvalue weighted by molar-refractivity contribution is -0.384. The third-order valence-corrected chi connectivity index (χ3v) is 6.02. The number of halogens is 1. The Balaban J connectivity index is 1.97. The van der Waals surface area contributed by atoms with Gasteiger partial charge >= 0.3 is 0 Å². The van der Waals surface area contributed by atoms with Gasteiger partial charge in [-0.25, -0.2) is 4.99 Å². The number of aliphatic imine (C=N–C) groups is 1. The molecule has 4 rings (SSSR count). The number of nitro benzene ring substituents is 1. The van der Waals surface area contributed by atoms with Crippen LogP contribution >= 0.6 is 11.6 Å². The lowest BCUT2D eigenvalue weighted by Gasteiger charge is -2.13. The zero-order valence-corrected chi connectivity index (χ0v) is 19.9. The van der Waals surface area contributed by atoms with Crippen LogP contribution in [0.25, 0.3) is 22.4 Å². The van der Waals surface area contributed by atoms with Crippen LogP contribution in [0.2, 0.25) is 5.02 Å². The number of unbranched alkanes of at least 4 members (excludes halogenated alkanes) is 1. The maximum Gasteiger partial charge on any atom is 0.288 e. The van der Waals surface area contributed by atoms with Crippen LogP contribution in [0, 0.1) is 21.4 Å². The molecular formula is C28H23ClN4O2. The van der Waals surface area contributed by atoms with Crippen molar-refractivity contribution in [2.45, 2.75) is 26.3 Å². The maximum atomic E-state index is 11.3. The highest BCUT2D eigenvalue weighted by Crippen LogP contribution is 2.43. The van der Waals surface area contributed by atoms with Crippen molar-refractivity contribution in [3.8, 4) is 28.5 Å². The zero-order valence-electron chi connectivity index (χ0n) is 19.2. The number of aromatic nitrogens is 1. The fourth-order valence-electron chi connectivity index (χ4n) is 4.05. The van der Waals surface area contributed by atoms with Crippen LogP contribution < -0.4 is 0 Å². The molecule has 174 valence electrons. The summed E-state index contributed by atoms with van der Waals surface area (Å²) in [7, 11) is 0. The molecule has 6 nitrogen and oxygen atoms in total. The standard InChI is InChI=1S/C28H23ClN4O2/c1-2-3-16-32-27(22-12-8-5-9-13-22)26(21-10-6-4-7-11-21)23(18-30)28(32)31-19-20-14-15-24(29)25(17-20)33(34)35/h4-15,17,19H,2-3,16H2,1H3/b31-19+. The molecule has 0 bridgehead atoms. The van der Waals surface area contributed by atoms with Gasteiger partial charge in [-0.3, -0.25) is 10.1 Å². The summed E-state index contributed by atoms with van der Waals surface area (Å²) in [6, 6.07) is 26.7. The quantitative estimate of drug-likeness (QED) is 0.146. The van der Waals surface area contributed by atoms with Crippen molar-refractivity contribution in [2.75, 3.05) is 0 Å². The molecule has 0 radical (unpaired) electrons. The molecule has 0 saturated heterocycles. The van der Waals surface area contributed by atoms with E-state index in [0.717, 1.165) is 35.2 Å². The van der Waals surface area contributed by atoms with Crippen molar-refractivity contribution in [3.63, 3.8) is 0 Å². The average Bonchev–Trinajstić information content (AvgIpc) is 3.20. The Kier molecular flexibility index (Phi) is 7.39. The summed E-state index contributed by atoms with van der Waals surface area (Å²) in [5.74, 6) is 0.524. The molecule has 0 aliphatic rings. The minimum absolute atomic E-state index is 0.0638. The largest absolute Gasteiger partial charge is 0.324 e. The third-order valence-electron chi connectivity index (χ3n) is 5.70. The van der Waals surface area contributed by atoms with Gasteiger partial charge in [-0.2, -0.15) is 5.26 Å². The Hall–Kier alpha value is -4.21. The molecule has 0 spiro atoms. The van der Waals surface area contributed by atoms with Crippen LogP contribution in [-0.2, 0) is 6.54 Å². The Morgan fingerprint density at radius 1 is 1.06 bits per heavy atom. The molecular weight excluding hydrogens is 460 g/mol. The number of hydrogen-bond acceptors (Lipinski definition) is 4. The first-order valence-corrected chi connectivity index (χ1v) is 11.7. The minimum Gasteiger partial charge on any atom is -0.324 e. The molecule has 7 heteroatoms. The molecule has 0 aliphatic heterocycles. The molecule has 0 amide bonds. The Labute approximate surface area is 208 Å². The topological polar surface area (TPSA) is 84.2 Å². The van der Waals surface area contributed by atoms with Crippen LogP contribution in [0.1, 0.15) is 30.9 Å². The SMILES string of the molecule is CCCCn1c(/N=C/c2ccc(Cl)c([N+](=O)[O-])c2)c(C#N)c(-c2ccccc2)c1-c1ccccc1. The first-order valence-electron chi connectivity index (χ1n) is 11.3. The van der Waals surface area contributed by atoms with Crippen molar-refractivity contribution in [1.29, 1.82) is 5.26 Å². The van der Waals surface area contributed by atoms with E-state index >= 15 is 0 Å². The molecule has 0 unspecified atom stereocenters. The Morgan fingerprint density at radius 3 is 2.31 bits per heavy atom. The van der Waals surface area contributed by atoms with Crippen molar-refractivity contribution in [2.24, 2.45) is 4.99 Å². The van der Waals surface area contributed by atoms with E-state index in [2.05, 4.69) is 17.6 Å². The summed E-state index contributed by atoms with van der Waals surface area (Å²) in [6.07, 6.45) is 3.43. The number of benzene rings is 3. The van der Waals surface area contributed by atoms with Gasteiger partial charge in [0.05, 0.1) is 10.6 Å². The Morgan fingerprint density at radius 2 is 1.71 bits per heavy atom. The maximum absolute atomic E-state index is 11.3. The van der Waals surface area contributed by atoms with Gasteiger partial charge < -0.3 is 4.57 Å². The van der Waals surface area contributed by atoms with Gasteiger partial charge in [-0.05, 0) is 29.2 Å². The number of rotatable bonds is 8. The number of nitro groups is 1. The van der Waals surface area contributed by atoms with Crippen molar-refractivity contribution in [1.82, 2.24) is 4.57 Å². The van der Waals surface area contributed by atoms with E-state index in [-0.39, 0.29) is 10.7 Å². The van der Waals surface area contributed by atoms with Crippen LogP contribution in [0.3, 0.4) is 0 Å². The van der Waals surface area contributed by atoms with E-state index in [1.54, 1.807) is 12.3 Å². The molecule has 0 atom stereocenters. The van der Waals surface area contributed by atoms with E-state index in [1.807, 2.05) is 60.7 Å². The van der Waals surface area contributed by atoms with Crippen LogP contribution in [0.15, 0.2) is 83.9 Å². The summed E-state index contributed by atoms with van der Waals surface area (Å²) >= 11 is 5.96. The van der Waals surface area contributed by atoms with Gasteiger partial charge in [0, 0.05) is 24.4 Å². The predicted molar refractivity (Wildman–Crippen MR) is 140 cm³/mol. The number of nitriles is 1. The molecule has 35 heavy (non-hydrogen) atoms. The normalized spacial score (nSPS) is 11.0. The van der Waals surface area contributed by atoms with E-state index in [1.165, 1.54) is 12.1 Å². The van der Waals surface area contributed by atoms with Crippen LogP contribution in [0.4, 0.5) is 11.5 Å². The number of hydrogen-bond donors (Lipinski definition) is 0. The highest BCUT2D eigenvalue weighted by atomic mass is 35.5. The van der Waals surface area contributed by atoms with Gasteiger partial charge in [0.2, 0.25) is 0 Å². The first kappa shape index (κ1) is 23.9. The summed E-state index contributed by atoms with van der Waals surface area (Å²) in [5, 5.41) is 21.7. The second kappa shape index (κ2) is 10.8. The Bertz CT molecular complexity index is 1420. The minimum atomic E-state index is -0.522. The molecule has 1 heterocycles. The van der Waals surface area contributed by atoms with E-state index in [0.29, 0.717) is 23.5 Å². The summed E-state index contributed by atoms with van der Waals surface area (Å²) in [4.78, 5) is 15.5. The zero-order chi connectivity index (χ0) is 24.8. The second-order valence-corrected chi connectivity index (χ2v) is 8.40. The molecule has 0 fully saturated rings. The van der Waals surface area contributed by atoms with Gasteiger partial charge in [0.15, 0.2) is 5.82 Å². The van der Waals surface area contributed by atoms with Crippen molar-refractivity contribution < 1.29 is 4.92 Å². The van der Waals surface area contributed by atoms with E-state index in [4.69, 9.17) is 16.6 Å². The fraction of sp³-hybridized carbons (Fsp3) is 0.143. The summed E-state index contributed by atoms with van der Waals surface area (Å²) < 4.78 is 2.08. The van der Waals surface area contributed by atoms with Gasteiger partial charge in [-0.1, -0.05) is 91.7 Å². The fourth-order valence-corrected chi connectivity index (χ4v) is 4.23. The molecule has 1 aromatic heterocycles. The van der Waals surface area contributed by atoms with Crippen LogP contribution in [-0.4, -0.2) is 15.7 Å². The third kappa shape index (κ3) is 5.01. The summed E-state index contributed by atoms with van der Waals surface area (Å²) in [5.41, 5.74) is 4.47. The summed E-state index contributed by atoms with van der Waals surface area (Å²) in [6.45, 7) is 2.79. The predicted octanol–water partition coefficient (Wildman–Crippen LogP) is 7.81. The molecule has 0 saturated carbocycles.